The van der Waals surface area contributed by atoms with Crippen LogP contribution < -0.4 is 16.4 Å². The third-order valence-corrected chi connectivity index (χ3v) is 2.12. The zero-order valence-electron chi connectivity index (χ0n) is 11.1. The van der Waals surface area contributed by atoms with Gasteiger partial charge in [0.25, 0.3) is 0 Å². The quantitative estimate of drug-likeness (QED) is 0.682. The van der Waals surface area contributed by atoms with Crippen LogP contribution in [0.3, 0.4) is 0 Å². The molecular weight excluding hydrogens is 246 g/mol. The summed E-state index contributed by atoms with van der Waals surface area (Å²) in [5.74, 6) is -2.03. The first-order chi connectivity index (χ1) is 8.69. The van der Waals surface area contributed by atoms with Crippen molar-refractivity contribution in [1.82, 2.24) is 5.32 Å². The fraction of sp³-hybridized carbons (Fsp3) is 0.308. The summed E-state index contributed by atoms with van der Waals surface area (Å²) in [6.07, 6.45) is 0. The molecule has 0 aliphatic rings. The molecule has 0 atom stereocenters. The summed E-state index contributed by atoms with van der Waals surface area (Å²) in [4.78, 5) is 34.0. The lowest BCUT2D eigenvalue weighted by atomic mass is 10.1. The predicted molar refractivity (Wildman–Crippen MR) is 71.5 cm³/mol. The molecule has 1 aromatic rings. The van der Waals surface area contributed by atoms with Gasteiger partial charge in [0.2, 0.25) is 5.91 Å². The highest BCUT2D eigenvalue weighted by molar-refractivity contribution is 6.39. The topological polar surface area (TPSA) is 101 Å². The molecule has 0 unspecified atom stereocenters. The van der Waals surface area contributed by atoms with Crippen molar-refractivity contribution in [3.63, 3.8) is 0 Å². The zero-order chi connectivity index (χ0) is 14.6. The maximum absolute atomic E-state index is 11.6. The fourth-order valence-corrected chi connectivity index (χ4v) is 1.30. The molecule has 1 rings (SSSR count). The molecule has 0 aliphatic heterocycles. The van der Waals surface area contributed by atoms with Gasteiger partial charge in [-0.3, -0.25) is 14.4 Å². The monoisotopic (exact) mass is 263 g/mol. The van der Waals surface area contributed by atoms with Crippen molar-refractivity contribution in [2.24, 2.45) is 5.73 Å². The van der Waals surface area contributed by atoms with Gasteiger partial charge < -0.3 is 16.4 Å². The van der Waals surface area contributed by atoms with E-state index >= 15 is 0 Å². The molecule has 0 radical (unpaired) electrons. The van der Waals surface area contributed by atoms with Crippen molar-refractivity contribution < 1.29 is 14.4 Å². The molecular formula is C13H17N3O3. The second-order valence-electron chi connectivity index (χ2n) is 5.10. The summed E-state index contributed by atoms with van der Waals surface area (Å²) in [6, 6.07) is 5.95. The lowest BCUT2D eigenvalue weighted by molar-refractivity contribution is -0.137. The molecule has 19 heavy (non-hydrogen) atoms. The van der Waals surface area contributed by atoms with Crippen molar-refractivity contribution in [1.29, 1.82) is 0 Å². The minimum Gasteiger partial charge on any atom is -0.366 e. The summed E-state index contributed by atoms with van der Waals surface area (Å²) in [6.45, 7) is 5.33. The van der Waals surface area contributed by atoms with E-state index in [-0.39, 0.29) is 0 Å². The number of benzene rings is 1. The van der Waals surface area contributed by atoms with E-state index in [4.69, 9.17) is 5.73 Å². The second-order valence-corrected chi connectivity index (χ2v) is 5.10. The Bertz CT molecular complexity index is 501. The Morgan fingerprint density at radius 1 is 1.00 bits per heavy atom. The van der Waals surface area contributed by atoms with Crippen LogP contribution >= 0.6 is 0 Å². The van der Waals surface area contributed by atoms with Crippen LogP contribution in [0.15, 0.2) is 24.3 Å². The molecule has 0 bridgehead atoms. The van der Waals surface area contributed by atoms with Crippen LogP contribution in [0, 0.1) is 0 Å². The molecule has 0 spiro atoms. The number of hydrogen-bond acceptors (Lipinski definition) is 3. The molecule has 3 amide bonds. The lowest BCUT2D eigenvalue weighted by Gasteiger charge is -2.19. The van der Waals surface area contributed by atoms with Crippen LogP contribution in [0.1, 0.15) is 31.1 Å². The van der Waals surface area contributed by atoms with Gasteiger partial charge in [-0.15, -0.1) is 0 Å². The number of nitrogens with one attached hydrogen (secondary N) is 2. The summed E-state index contributed by atoms with van der Waals surface area (Å²) in [7, 11) is 0. The molecule has 1 aromatic carbocycles. The van der Waals surface area contributed by atoms with Gasteiger partial charge in [-0.1, -0.05) is 0 Å². The number of anilines is 1. The minimum atomic E-state index is -0.762. The van der Waals surface area contributed by atoms with E-state index in [0.29, 0.717) is 11.3 Å². The molecule has 0 aliphatic carbocycles. The number of nitrogens with two attached hydrogens (primary N) is 1. The number of carbonyl (C=O) groups excluding carboxylic acids is 3. The van der Waals surface area contributed by atoms with Crippen LogP contribution in [-0.4, -0.2) is 23.3 Å². The van der Waals surface area contributed by atoms with Crippen LogP contribution in [0.5, 0.6) is 0 Å². The Balaban J connectivity index is 2.67. The lowest BCUT2D eigenvalue weighted by Crippen LogP contribution is -2.46. The highest BCUT2D eigenvalue weighted by Crippen LogP contribution is 2.09. The Labute approximate surface area is 111 Å². The first-order valence-corrected chi connectivity index (χ1v) is 5.72. The standard InChI is InChI=1S/C13H17N3O3/c1-13(2,3)16-12(19)11(18)15-9-6-4-8(5-7-9)10(14)17/h4-7H,1-3H3,(H2,14,17)(H,15,18)(H,16,19). The minimum absolute atomic E-state index is 0.331. The number of hydrogen-bond donors (Lipinski definition) is 3. The van der Waals surface area contributed by atoms with Gasteiger partial charge in [-0.25, -0.2) is 0 Å². The summed E-state index contributed by atoms with van der Waals surface area (Å²) >= 11 is 0. The third kappa shape index (κ3) is 4.79. The summed E-state index contributed by atoms with van der Waals surface area (Å²) in [5, 5.41) is 4.97. The van der Waals surface area contributed by atoms with Gasteiger partial charge in [-0.05, 0) is 45.0 Å². The van der Waals surface area contributed by atoms with Crippen molar-refractivity contribution in [3.8, 4) is 0 Å². The van der Waals surface area contributed by atoms with Gasteiger partial charge in [0.05, 0.1) is 0 Å². The van der Waals surface area contributed by atoms with E-state index in [2.05, 4.69) is 10.6 Å². The van der Waals surface area contributed by atoms with E-state index < -0.39 is 23.3 Å². The van der Waals surface area contributed by atoms with Crippen LogP contribution in [0.25, 0.3) is 0 Å². The summed E-state index contributed by atoms with van der Waals surface area (Å²) in [5.41, 5.74) is 5.36. The van der Waals surface area contributed by atoms with E-state index in [1.807, 2.05) is 0 Å². The van der Waals surface area contributed by atoms with E-state index in [9.17, 15) is 14.4 Å². The smallest absolute Gasteiger partial charge is 0.313 e. The van der Waals surface area contributed by atoms with Gasteiger partial charge in [-0.2, -0.15) is 0 Å². The Kier molecular flexibility index (Phi) is 4.26. The maximum Gasteiger partial charge on any atom is 0.313 e. The van der Waals surface area contributed by atoms with Gasteiger partial charge in [0.15, 0.2) is 0 Å². The van der Waals surface area contributed by atoms with Crippen molar-refractivity contribution in [2.45, 2.75) is 26.3 Å². The Morgan fingerprint density at radius 3 is 1.95 bits per heavy atom. The largest absolute Gasteiger partial charge is 0.366 e. The van der Waals surface area contributed by atoms with E-state index in [0.717, 1.165) is 0 Å². The van der Waals surface area contributed by atoms with Crippen LogP contribution in [-0.2, 0) is 9.59 Å². The van der Waals surface area contributed by atoms with E-state index in [1.165, 1.54) is 24.3 Å². The third-order valence-electron chi connectivity index (χ3n) is 2.12. The molecule has 0 fully saturated rings. The first-order valence-electron chi connectivity index (χ1n) is 5.72. The fourth-order valence-electron chi connectivity index (χ4n) is 1.30. The van der Waals surface area contributed by atoms with Crippen molar-refractivity contribution in [3.05, 3.63) is 29.8 Å². The zero-order valence-corrected chi connectivity index (χ0v) is 11.1. The molecule has 6 heteroatoms. The van der Waals surface area contributed by atoms with Crippen molar-refractivity contribution in [2.75, 3.05) is 5.32 Å². The highest BCUT2D eigenvalue weighted by Gasteiger charge is 2.20. The highest BCUT2D eigenvalue weighted by atomic mass is 16.2. The molecule has 102 valence electrons. The number of amides is 3. The van der Waals surface area contributed by atoms with Gasteiger partial charge in [0.1, 0.15) is 0 Å². The SMILES string of the molecule is CC(C)(C)NC(=O)C(=O)Nc1ccc(C(N)=O)cc1. The number of primary amides is 1. The van der Waals surface area contributed by atoms with E-state index in [1.54, 1.807) is 20.8 Å². The average Bonchev–Trinajstić information content (AvgIpc) is 2.27. The Morgan fingerprint density at radius 2 is 1.53 bits per heavy atom. The molecule has 0 saturated carbocycles. The summed E-state index contributed by atoms with van der Waals surface area (Å²) < 4.78 is 0. The maximum atomic E-state index is 11.6. The molecule has 0 heterocycles. The molecule has 0 aromatic heterocycles. The predicted octanol–water partition coefficient (Wildman–Crippen LogP) is 0.639. The molecule has 4 N–H and O–H groups in total. The van der Waals surface area contributed by atoms with Crippen molar-refractivity contribution >= 4 is 23.4 Å². The molecule has 6 nitrogen and oxygen atoms in total. The number of carbonyl (C=O) groups is 3. The first kappa shape index (κ1) is 14.7. The van der Waals surface area contributed by atoms with Gasteiger partial charge in [0, 0.05) is 16.8 Å². The normalized spacial score (nSPS) is 10.7. The van der Waals surface area contributed by atoms with Crippen LogP contribution in [0.2, 0.25) is 0 Å². The molecule has 0 saturated heterocycles. The van der Waals surface area contributed by atoms with Gasteiger partial charge >= 0.3 is 11.8 Å². The van der Waals surface area contributed by atoms with Crippen LogP contribution in [0.4, 0.5) is 5.69 Å². The second kappa shape index (κ2) is 5.51. The average molecular weight is 263 g/mol. The Hall–Kier alpha value is -2.37. The number of rotatable bonds is 2.